The lowest BCUT2D eigenvalue weighted by atomic mass is 9.93. The number of methoxy groups -OCH3 is 1. The lowest BCUT2D eigenvalue weighted by molar-refractivity contribution is -0.192. The average molecular weight is 489 g/mol. The van der Waals surface area contributed by atoms with Gasteiger partial charge in [0.1, 0.15) is 11.5 Å². The fourth-order valence-corrected chi connectivity index (χ4v) is 3.49. The Kier molecular flexibility index (Phi) is 8.95. The van der Waals surface area contributed by atoms with Crippen molar-refractivity contribution in [2.24, 2.45) is 0 Å². The Morgan fingerprint density at radius 1 is 1.27 bits per heavy atom. The number of carboxylic acid groups (broad SMARTS) is 1. The molecule has 7 nitrogen and oxygen atoms in total. The third-order valence-electron chi connectivity index (χ3n) is 4.79. The van der Waals surface area contributed by atoms with Gasteiger partial charge in [-0.1, -0.05) is 23.7 Å². The van der Waals surface area contributed by atoms with Gasteiger partial charge in [-0.2, -0.15) is 13.2 Å². The quantitative estimate of drug-likeness (QED) is 0.557. The number of rotatable bonds is 5. The van der Waals surface area contributed by atoms with E-state index in [1.807, 2.05) is 19.1 Å². The molecule has 1 atom stereocenters. The fraction of sp³-hybridized carbons (Fsp3) is 0.364. The summed E-state index contributed by atoms with van der Waals surface area (Å²) in [4.78, 5) is 21.8. The molecule has 180 valence electrons. The zero-order valence-electron chi connectivity index (χ0n) is 18.2. The van der Waals surface area contributed by atoms with Crippen LogP contribution in [0.2, 0.25) is 5.02 Å². The van der Waals surface area contributed by atoms with E-state index in [9.17, 15) is 18.0 Å². The van der Waals surface area contributed by atoms with Gasteiger partial charge in [0.05, 0.1) is 24.3 Å². The Morgan fingerprint density at radius 2 is 1.94 bits per heavy atom. The molecule has 1 amide bonds. The molecule has 3 rings (SSSR count). The summed E-state index contributed by atoms with van der Waals surface area (Å²) in [5.41, 5.74) is 3.59. The van der Waals surface area contributed by atoms with Crippen LogP contribution in [0.4, 0.5) is 18.9 Å². The molecule has 0 bridgehead atoms. The molecule has 1 aliphatic heterocycles. The van der Waals surface area contributed by atoms with Crippen molar-refractivity contribution in [3.05, 3.63) is 52.0 Å². The molecule has 0 saturated carbocycles. The number of benzene rings is 2. The molecular formula is C22H24ClF3N2O5. The van der Waals surface area contributed by atoms with Crippen molar-refractivity contribution < 1.29 is 37.3 Å². The molecule has 3 N–H and O–H groups in total. The topological polar surface area (TPSA) is 96.9 Å². The van der Waals surface area contributed by atoms with Gasteiger partial charge in [-0.05, 0) is 50.1 Å². The van der Waals surface area contributed by atoms with Crippen LogP contribution < -0.4 is 20.1 Å². The maximum absolute atomic E-state index is 12.9. The Labute approximate surface area is 193 Å². The van der Waals surface area contributed by atoms with E-state index < -0.39 is 12.1 Å². The third-order valence-corrected chi connectivity index (χ3v) is 5.09. The first-order chi connectivity index (χ1) is 15.5. The lowest BCUT2D eigenvalue weighted by Crippen LogP contribution is -2.29. The molecule has 33 heavy (non-hydrogen) atoms. The molecule has 11 heteroatoms. The van der Waals surface area contributed by atoms with Crippen molar-refractivity contribution in [2.45, 2.75) is 32.5 Å². The van der Waals surface area contributed by atoms with Gasteiger partial charge >= 0.3 is 12.1 Å². The van der Waals surface area contributed by atoms with Gasteiger partial charge in [-0.3, -0.25) is 4.79 Å². The minimum absolute atomic E-state index is 0.258. The number of carbonyl (C=O) groups is 2. The van der Waals surface area contributed by atoms with Crippen LogP contribution in [-0.2, 0) is 11.2 Å². The van der Waals surface area contributed by atoms with Gasteiger partial charge < -0.3 is 25.2 Å². The van der Waals surface area contributed by atoms with Crippen LogP contribution in [0.15, 0.2) is 30.3 Å². The van der Waals surface area contributed by atoms with Crippen molar-refractivity contribution >= 4 is 29.2 Å². The summed E-state index contributed by atoms with van der Waals surface area (Å²) in [5.74, 6) is -2.09. The van der Waals surface area contributed by atoms with Gasteiger partial charge in [-0.15, -0.1) is 0 Å². The number of carbonyl (C=O) groups excluding carboxylic acids is 1. The predicted molar refractivity (Wildman–Crippen MR) is 117 cm³/mol. The monoisotopic (exact) mass is 488 g/mol. The van der Waals surface area contributed by atoms with Crippen molar-refractivity contribution in [2.75, 3.05) is 25.6 Å². The zero-order valence-corrected chi connectivity index (χ0v) is 18.9. The number of nitrogens with one attached hydrogen (secondary N) is 2. The smallest absolute Gasteiger partial charge is 0.490 e. The number of aliphatic carboxylic acids is 1. The summed E-state index contributed by atoms with van der Waals surface area (Å²) in [5, 5.41) is 13.9. The molecular weight excluding hydrogens is 465 g/mol. The highest BCUT2D eigenvalue weighted by Gasteiger charge is 2.38. The highest BCUT2D eigenvalue weighted by molar-refractivity contribution is 6.32. The average Bonchev–Trinajstić information content (AvgIpc) is 2.75. The highest BCUT2D eigenvalue weighted by atomic mass is 35.5. The summed E-state index contributed by atoms with van der Waals surface area (Å²) < 4.78 is 42.6. The zero-order chi connectivity index (χ0) is 24.8. The van der Waals surface area contributed by atoms with Gasteiger partial charge in [-0.25, -0.2) is 4.79 Å². The summed E-state index contributed by atoms with van der Waals surface area (Å²) in [6.07, 6.45) is -4.21. The minimum Gasteiger partial charge on any atom is -0.496 e. The molecule has 1 heterocycles. The number of amides is 1. The van der Waals surface area contributed by atoms with E-state index in [0.717, 1.165) is 18.7 Å². The van der Waals surface area contributed by atoms with Crippen LogP contribution >= 0.6 is 11.6 Å². The number of carboxylic acids is 1. The number of ether oxygens (including phenoxy) is 2. The Bertz CT molecular complexity index is 1010. The maximum Gasteiger partial charge on any atom is 0.490 e. The van der Waals surface area contributed by atoms with Crippen LogP contribution in [0.5, 0.6) is 11.5 Å². The first-order valence-corrected chi connectivity index (χ1v) is 10.3. The number of halogens is 4. The SMILES string of the molecule is CCOc1cc(OC)c(C(=O)Nc2cccc3c2CCNC3C)cc1Cl.O=C(O)C(F)(F)F. The largest absolute Gasteiger partial charge is 0.496 e. The number of hydrogen-bond acceptors (Lipinski definition) is 5. The van der Waals surface area contributed by atoms with E-state index in [1.54, 1.807) is 12.1 Å². The normalized spacial score (nSPS) is 14.9. The van der Waals surface area contributed by atoms with Crippen LogP contribution in [-0.4, -0.2) is 43.4 Å². The molecule has 0 aliphatic carbocycles. The van der Waals surface area contributed by atoms with Gasteiger partial charge in [0.15, 0.2) is 0 Å². The summed E-state index contributed by atoms with van der Waals surface area (Å²) in [6, 6.07) is 9.48. The molecule has 0 saturated heterocycles. The molecule has 1 unspecified atom stereocenters. The molecule has 2 aromatic rings. The van der Waals surface area contributed by atoms with Gasteiger partial charge in [0.2, 0.25) is 0 Å². The van der Waals surface area contributed by atoms with Gasteiger partial charge in [0.25, 0.3) is 5.91 Å². The first kappa shape index (κ1) is 26.3. The third kappa shape index (κ3) is 6.75. The van der Waals surface area contributed by atoms with Crippen LogP contribution in [0, 0.1) is 0 Å². The second-order valence-electron chi connectivity index (χ2n) is 6.97. The molecule has 0 radical (unpaired) electrons. The fourth-order valence-electron chi connectivity index (χ4n) is 3.27. The minimum atomic E-state index is -5.08. The summed E-state index contributed by atoms with van der Waals surface area (Å²) in [7, 11) is 1.52. The van der Waals surface area contributed by atoms with Crippen molar-refractivity contribution in [1.82, 2.24) is 5.32 Å². The number of fused-ring (bicyclic) bond motifs is 1. The van der Waals surface area contributed by atoms with Crippen molar-refractivity contribution in [3.8, 4) is 11.5 Å². The molecule has 0 fully saturated rings. The summed E-state index contributed by atoms with van der Waals surface area (Å²) >= 11 is 6.25. The van der Waals surface area contributed by atoms with Crippen molar-refractivity contribution in [1.29, 1.82) is 0 Å². The van der Waals surface area contributed by atoms with E-state index in [0.29, 0.717) is 28.7 Å². The molecule has 0 aromatic heterocycles. The van der Waals surface area contributed by atoms with E-state index in [2.05, 4.69) is 23.6 Å². The van der Waals surface area contributed by atoms with E-state index in [4.69, 9.17) is 31.0 Å². The number of hydrogen-bond donors (Lipinski definition) is 3. The predicted octanol–water partition coefficient (Wildman–Crippen LogP) is 4.84. The van der Waals surface area contributed by atoms with Crippen LogP contribution in [0.25, 0.3) is 0 Å². The standard InChI is InChI=1S/C20H23ClN2O3.C2HF3O2/c1-4-26-19-11-18(25-3)15(10-16(19)21)20(24)23-17-7-5-6-13-12(2)22-9-8-14(13)17;3-2(4,5)1(6)7/h5-7,10-12,22H,4,8-9H2,1-3H3,(H,23,24);(H,6,7). The lowest BCUT2D eigenvalue weighted by Gasteiger charge is -2.26. The first-order valence-electron chi connectivity index (χ1n) is 9.96. The van der Waals surface area contributed by atoms with E-state index >= 15 is 0 Å². The van der Waals surface area contributed by atoms with Crippen LogP contribution in [0.3, 0.4) is 0 Å². The van der Waals surface area contributed by atoms with Gasteiger partial charge in [0, 0.05) is 17.8 Å². The summed E-state index contributed by atoms with van der Waals surface area (Å²) in [6.45, 7) is 5.37. The molecule has 2 aromatic carbocycles. The highest BCUT2D eigenvalue weighted by Crippen LogP contribution is 2.34. The number of anilines is 1. The molecule has 0 spiro atoms. The Morgan fingerprint density at radius 3 is 2.52 bits per heavy atom. The second-order valence-corrected chi connectivity index (χ2v) is 7.38. The Hall–Kier alpha value is -2.98. The van der Waals surface area contributed by atoms with E-state index in [1.165, 1.54) is 18.2 Å². The van der Waals surface area contributed by atoms with E-state index in [-0.39, 0.29) is 11.9 Å². The maximum atomic E-state index is 12.9. The molecule has 1 aliphatic rings. The second kappa shape index (κ2) is 11.2. The Balaban J connectivity index is 0.000000479. The van der Waals surface area contributed by atoms with Crippen molar-refractivity contribution in [3.63, 3.8) is 0 Å². The van der Waals surface area contributed by atoms with Crippen LogP contribution in [0.1, 0.15) is 41.4 Å². The number of alkyl halides is 3.